The van der Waals surface area contributed by atoms with Gasteiger partial charge in [0.05, 0.1) is 24.9 Å². The zero-order chi connectivity index (χ0) is 31.6. The number of imidazole rings is 1. The standard InChI is InChI=1S/C33H35FN6O4S/c1-38-31-26(10-23(13-29(31)44-2)33(41)39-17-24(34)14-25(35)18-39)37-32(38)28-12-21-7-6-20(11-27(21)40(28)16-19-4-5-19)22-8-9-30(36-15-22)45(3,42)43/h6-13,15,19,24-25H,4-5,14,16-18,35H2,1-3H3/t24-,25-/m1/s1. The SMILES string of the molecule is COc1cc(C(=O)N2C[C@H](N)C[C@@H](F)C2)cc2nc(-c3cc4ccc(-c5ccc(S(C)(=O)=O)nc5)cc4n3CC3CC3)n(C)c12. The number of hydrogen-bond donors (Lipinski definition) is 1. The fourth-order valence-electron chi connectivity index (χ4n) is 6.39. The van der Waals surface area contributed by atoms with Crippen LogP contribution >= 0.6 is 0 Å². The highest BCUT2D eigenvalue weighted by atomic mass is 32.2. The largest absolute Gasteiger partial charge is 0.494 e. The molecule has 0 spiro atoms. The van der Waals surface area contributed by atoms with Gasteiger partial charge < -0.3 is 24.5 Å². The number of ether oxygens (including phenoxy) is 1. The Kier molecular flexibility index (Phi) is 7.16. The molecule has 10 nitrogen and oxygen atoms in total. The molecule has 7 rings (SSSR count). The summed E-state index contributed by atoms with van der Waals surface area (Å²) in [6.07, 6.45) is 4.16. The van der Waals surface area contributed by atoms with Crippen LogP contribution in [0.25, 0.3) is 44.6 Å². The van der Waals surface area contributed by atoms with Crippen LogP contribution in [0, 0.1) is 5.92 Å². The predicted octanol–water partition coefficient (Wildman–Crippen LogP) is 4.59. The predicted molar refractivity (Wildman–Crippen MR) is 171 cm³/mol. The minimum atomic E-state index is -3.39. The summed E-state index contributed by atoms with van der Waals surface area (Å²) >= 11 is 0. The van der Waals surface area contributed by atoms with E-state index >= 15 is 0 Å². The van der Waals surface area contributed by atoms with E-state index in [0.29, 0.717) is 29.3 Å². The Balaban J connectivity index is 1.32. The minimum absolute atomic E-state index is 0.0154. The fraction of sp³-hybridized carbons (Fsp3) is 0.364. The highest BCUT2D eigenvalue weighted by Gasteiger charge is 2.30. The molecule has 0 radical (unpaired) electrons. The lowest BCUT2D eigenvalue weighted by atomic mass is 10.0. The quantitative estimate of drug-likeness (QED) is 0.279. The Morgan fingerprint density at radius 3 is 2.53 bits per heavy atom. The van der Waals surface area contributed by atoms with Crippen molar-refractivity contribution in [2.45, 2.75) is 43.0 Å². The fourth-order valence-corrected chi connectivity index (χ4v) is 6.95. The maximum atomic E-state index is 14.3. The van der Waals surface area contributed by atoms with Gasteiger partial charge in [-0.05, 0) is 67.1 Å². The van der Waals surface area contributed by atoms with Crippen LogP contribution in [0.1, 0.15) is 29.6 Å². The lowest BCUT2D eigenvalue weighted by Gasteiger charge is -2.33. The number of fused-ring (bicyclic) bond motifs is 2. The van der Waals surface area contributed by atoms with Crippen molar-refractivity contribution < 1.29 is 22.3 Å². The van der Waals surface area contributed by atoms with Crippen LogP contribution in [0.5, 0.6) is 5.75 Å². The van der Waals surface area contributed by atoms with Crippen LogP contribution in [0.2, 0.25) is 0 Å². The maximum absolute atomic E-state index is 14.3. The van der Waals surface area contributed by atoms with Crippen LogP contribution in [-0.4, -0.2) is 77.0 Å². The molecule has 1 aliphatic carbocycles. The van der Waals surface area contributed by atoms with Gasteiger partial charge in [-0.15, -0.1) is 0 Å². The zero-order valence-corrected chi connectivity index (χ0v) is 26.2. The molecule has 2 atom stereocenters. The van der Waals surface area contributed by atoms with Gasteiger partial charge in [0.2, 0.25) is 0 Å². The summed E-state index contributed by atoms with van der Waals surface area (Å²) in [5, 5.41) is 1.09. The number of nitrogens with two attached hydrogens (primary N) is 1. The molecule has 2 N–H and O–H groups in total. The highest BCUT2D eigenvalue weighted by Crippen LogP contribution is 2.39. The second kappa shape index (κ2) is 11.0. The van der Waals surface area contributed by atoms with Gasteiger partial charge in [-0.3, -0.25) is 4.79 Å². The third kappa shape index (κ3) is 5.46. The molecule has 2 aliphatic rings. The molecule has 2 fully saturated rings. The van der Waals surface area contributed by atoms with Crippen molar-refractivity contribution in [1.29, 1.82) is 0 Å². The van der Waals surface area contributed by atoms with E-state index in [1.54, 1.807) is 31.5 Å². The second-order valence-electron chi connectivity index (χ2n) is 12.4. The molecule has 1 aliphatic heterocycles. The number of carbonyl (C=O) groups is 1. The van der Waals surface area contributed by atoms with Gasteiger partial charge in [0.1, 0.15) is 17.4 Å². The number of aromatic nitrogens is 4. The summed E-state index contributed by atoms with van der Waals surface area (Å²) in [4.78, 5) is 24.1. The summed E-state index contributed by atoms with van der Waals surface area (Å²) in [6, 6.07) is 14.7. The number of nitrogens with zero attached hydrogens (tertiary/aromatic N) is 5. The summed E-state index contributed by atoms with van der Waals surface area (Å²) in [6.45, 7) is 1.15. The number of aryl methyl sites for hydroxylation is 1. The number of likely N-dealkylation sites (tertiary alicyclic amines) is 1. The van der Waals surface area contributed by atoms with Gasteiger partial charge >= 0.3 is 0 Å². The summed E-state index contributed by atoms with van der Waals surface area (Å²) < 4.78 is 48.1. The van der Waals surface area contributed by atoms with E-state index < -0.39 is 22.1 Å². The van der Waals surface area contributed by atoms with Crippen molar-refractivity contribution in [3.8, 4) is 28.4 Å². The van der Waals surface area contributed by atoms with Gasteiger partial charge in [0.25, 0.3) is 5.91 Å². The van der Waals surface area contributed by atoms with Crippen LogP contribution in [0.4, 0.5) is 4.39 Å². The van der Waals surface area contributed by atoms with E-state index in [0.717, 1.165) is 64.7 Å². The molecule has 234 valence electrons. The Bertz CT molecular complexity index is 2060. The maximum Gasteiger partial charge on any atom is 0.254 e. The van der Waals surface area contributed by atoms with E-state index in [2.05, 4.69) is 27.8 Å². The Labute approximate surface area is 260 Å². The normalized spacial score (nSPS) is 19.0. The molecule has 45 heavy (non-hydrogen) atoms. The number of carbonyl (C=O) groups excluding carboxylic acids is 1. The van der Waals surface area contributed by atoms with Crippen molar-refractivity contribution in [2.75, 3.05) is 26.5 Å². The lowest BCUT2D eigenvalue weighted by molar-refractivity contribution is 0.0606. The zero-order valence-electron chi connectivity index (χ0n) is 25.4. The number of sulfone groups is 1. The number of rotatable bonds is 7. The Morgan fingerprint density at radius 1 is 1.09 bits per heavy atom. The number of benzene rings is 2. The van der Waals surface area contributed by atoms with E-state index in [1.165, 1.54) is 11.0 Å². The molecule has 1 saturated carbocycles. The number of amides is 1. The van der Waals surface area contributed by atoms with E-state index in [-0.39, 0.29) is 23.9 Å². The van der Waals surface area contributed by atoms with Crippen molar-refractivity contribution in [3.05, 3.63) is 60.3 Å². The first kappa shape index (κ1) is 29.4. The average molecular weight is 631 g/mol. The van der Waals surface area contributed by atoms with Crippen LogP contribution in [0.3, 0.4) is 0 Å². The molecular weight excluding hydrogens is 595 g/mol. The lowest BCUT2D eigenvalue weighted by Crippen LogP contribution is -2.50. The smallest absolute Gasteiger partial charge is 0.254 e. The minimum Gasteiger partial charge on any atom is -0.494 e. The van der Waals surface area contributed by atoms with E-state index in [9.17, 15) is 17.6 Å². The first-order chi connectivity index (χ1) is 21.5. The number of pyridine rings is 1. The third-order valence-electron chi connectivity index (χ3n) is 8.84. The average Bonchev–Trinajstić information content (AvgIpc) is 3.68. The molecule has 1 saturated heterocycles. The van der Waals surface area contributed by atoms with E-state index in [1.807, 2.05) is 17.7 Å². The van der Waals surface area contributed by atoms with Gasteiger partial charge in [0.15, 0.2) is 20.7 Å². The summed E-state index contributed by atoms with van der Waals surface area (Å²) in [7, 11) is 0.109. The number of alkyl halides is 1. The van der Waals surface area contributed by atoms with E-state index in [4.69, 9.17) is 15.5 Å². The van der Waals surface area contributed by atoms with Gasteiger partial charge in [0, 0.05) is 60.7 Å². The van der Waals surface area contributed by atoms with Crippen LogP contribution in [0.15, 0.2) is 59.8 Å². The van der Waals surface area contributed by atoms with Crippen molar-refractivity contribution in [2.24, 2.45) is 18.7 Å². The first-order valence-electron chi connectivity index (χ1n) is 15.0. The molecular formula is C33H35FN6O4S. The van der Waals surface area contributed by atoms with Crippen LogP contribution < -0.4 is 10.5 Å². The number of halogens is 1. The van der Waals surface area contributed by atoms with Crippen molar-refractivity contribution in [3.63, 3.8) is 0 Å². The van der Waals surface area contributed by atoms with Gasteiger partial charge in [-0.2, -0.15) is 0 Å². The second-order valence-corrected chi connectivity index (χ2v) is 14.3. The Morgan fingerprint density at radius 2 is 1.87 bits per heavy atom. The third-order valence-corrected chi connectivity index (χ3v) is 9.84. The molecule has 12 heteroatoms. The topological polar surface area (TPSA) is 125 Å². The molecule has 2 aromatic carbocycles. The van der Waals surface area contributed by atoms with Gasteiger partial charge in [-0.1, -0.05) is 12.1 Å². The molecule has 1 amide bonds. The van der Waals surface area contributed by atoms with Crippen molar-refractivity contribution >= 4 is 37.7 Å². The molecule has 3 aromatic heterocycles. The van der Waals surface area contributed by atoms with Gasteiger partial charge in [-0.25, -0.2) is 22.8 Å². The number of methoxy groups -OCH3 is 1. The monoisotopic (exact) mass is 630 g/mol. The number of piperidine rings is 1. The first-order valence-corrected chi connectivity index (χ1v) is 16.9. The molecule has 4 heterocycles. The Hall–Kier alpha value is -4.29. The summed E-state index contributed by atoms with van der Waals surface area (Å²) in [5.41, 5.74) is 11.5. The molecule has 0 unspecified atom stereocenters. The molecule has 0 bridgehead atoms. The number of hydrogen-bond acceptors (Lipinski definition) is 7. The summed E-state index contributed by atoms with van der Waals surface area (Å²) in [5.74, 6) is 1.51. The molecule has 5 aromatic rings. The van der Waals surface area contributed by atoms with Crippen molar-refractivity contribution in [1.82, 2.24) is 24.0 Å². The highest BCUT2D eigenvalue weighted by molar-refractivity contribution is 7.90. The van der Waals surface area contributed by atoms with Crippen LogP contribution in [-0.2, 0) is 23.4 Å².